The summed E-state index contributed by atoms with van der Waals surface area (Å²) in [6.45, 7) is 0. The van der Waals surface area contributed by atoms with Crippen LogP contribution in [0.4, 0.5) is 0 Å². The van der Waals surface area contributed by atoms with E-state index in [0.717, 1.165) is 11.8 Å². The summed E-state index contributed by atoms with van der Waals surface area (Å²) in [6, 6.07) is 4.63. The third kappa shape index (κ3) is 2.42. The molecule has 0 radical (unpaired) electrons. The van der Waals surface area contributed by atoms with Crippen molar-refractivity contribution in [3.8, 4) is 11.5 Å². The number of rotatable bonds is 2. The Kier molecular flexibility index (Phi) is 3.06. The summed E-state index contributed by atoms with van der Waals surface area (Å²) in [7, 11) is 1.49. The normalized spacial score (nSPS) is 17.4. The summed E-state index contributed by atoms with van der Waals surface area (Å²) in [6.07, 6.45) is 1.62. The van der Waals surface area contributed by atoms with E-state index in [9.17, 15) is 9.90 Å². The largest absolute Gasteiger partial charge is 0.508 e. The topological polar surface area (TPSA) is 82.4 Å². The molecule has 0 spiro atoms. The van der Waals surface area contributed by atoms with Gasteiger partial charge in [0.05, 0.1) is 12.0 Å². The highest BCUT2D eigenvalue weighted by Gasteiger charge is 2.22. The second-order valence-electron chi connectivity index (χ2n) is 3.32. The zero-order valence-corrected chi connectivity index (χ0v) is 9.80. The lowest BCUT2D eigenvalue weighted by molar-refractivity contribution is -0.115. The van der Waals surface area contributed by atoms with E-state index in [-0.39, 0.29) is 16.8 Å². The minimum atomic E-state index is -0.296. The molecule has 1 fully saturated rings. The molecule has 1 aromatic carbocycles. The number of nitrogens with one attached hydrogen (secondary N) is 2. The highest BCUT2D eigenvalue weighted by Crippen LogP contribution is 2.30. The Bertz CT molecular complexity index is 525. The van der Waals surface area contributed by atoms with Crippen molar-refractivity contribution in [3.05, 3.63) is 28.7 Å². The lowest BCUT2D eigenvalue weighted by atomic mass is 10.1. The zero-order valence-electron chi connectivity index (χ0n) is 8.98. The number of thioether (sulfide) groups is 1. The summed E-state index contributed by atoms with van der Waals surface area (Å²) in [5.41, 5.74) is 0.678. The monoisotopic (exact) mass is 250 g/mol. The van der Waals surface area contributed by atoms with E-state index >= 15 is 0 Å². The van der Waals surface area contributed by atoms with Crippen molar-refractivity contribution >= 4 is 28.9 Å². The first-order chi connectivity index (χ1) is 8.10. The van der Waals surface area contributed by atoms with Crippen LogP contribution in [0, 0.1) is 5.41 Å². The van der Waals surface area contributed by atoms with E-state index in [1.165, 1.54) is 19.2 Å². The van der Waals surface area contributed by atoms with Crippen LogP contribution in [0.2, 0.25) is 0 Å². The van der Waals surface area contributed by atoms with Crippen LogP contribution in [-0.2, 0) is 4.79 Å². The number of hydrogen-bond acceptors (Lipinski definition) is 5. The van der Waals surface area contributed by atoms with Crippen LogP contribution < -0.4 is 10.1 Å². The Morgan fingerprint density at radius 2 is 2.29 bits per heavy atom. The number of methoxy groups -OCH3 is 1. The zero-order chi connectivity index (χ0) is 12.4. The van der Waals surface area contributed by atoms with Crippen LogP contribution in [0.25, 0.3) is 6.08 Å². The van der Waals surface area contributed by atoms with Gasteiger partial charge < -0.3 is 15.2 Å². The standard InChI is InChI=1S/C11H10N2O3S/c1-16-8-5-7(14)3-2-6(8)4-9-10(15)13-11(12)17-9/h2-5,14H,1H3,(H2,12,13,15)/b9-4-. The van der Waals surface area contributed by atoms with E-state index in [4.69, 9.17) is 10.1 Å². The molecule has 0 atom stereocenters. The van der Waals surface area contributed by atoms with E-state index in [2.05, 4.69) is 5.32 Å². The number of phenolic OH excluding ortho intramolecular Hbond substituents is 1. The second-order valence-corrected chi connectivity index (χ2v) is 4.37. The molecule has 0 aromatic heterocycles. The van der Waals surface area contributed by atoms with Crippen molar-refractivity contribution in [1.82, 2.24) is 5.32 Å². The Morgan fingerprint density at radius 1 is 1.53 bits per heavy atom. The summed E-state index contributed by atoms with van der Waals surface area (Å²) in [5, 5.41) is 19.1. The van der Waals surface area contributed by atoms with Crippen molar-refractivity contribution in [2.24, 2.45) is 0 Å². The average molecular weight is 250 g/mol. The van der Waals surface area contributed by atoms with Crippen molar-refractivity contribution in [2.75, 3.05) is 7.11 Å². The number of amidine groups is 1. The molecule has 0 saturated carbocycles. The van der Waals surface area contributed by atoms with Gasteiger partial charge in [0.1, 0.15) is 11.5 Å². The number of hydrogen-bond donors (Lipinski definition) is 3. The molecule has 5 nitrogen and oxygen atoms in total. The van der Waals surface area contributed by atoms with Gasteiger partial charge in [-0.25, -0.2) is 0 Å². The molecule has 2 rings (SSSR count). The van der Waals surface area contributed by atoms with Crippen molar-refractivity contribution in [1.29, 1.82) is 5.41 Å². The lowest BCUT2D eigenvalue weighted by Crippen LogP contribution is -2.18. The maximum Gasteiger partial charge on any atom is 0.264 e. The van der Waals surface area contributed by atoms with Gasteiger partial charge in [-0.1, -0.05) is 0 Å². The van der Waals surface area contributed by atoms with Gasteiger partial charge in [-0.15, -0.1) is 0 Å². The number of benzene rings is 1. The number of carbonyl (C=O) groups is 1. The smallest absolute Gasteiger partial charge is 0.264 e. The van der Waals surface area contributed by atoms with E-state index in [1.54, 1.807) is 12.1 Å². The molecule has 0 aliphatic carbocycles. The van der Waals surface area contributed by atoms with Gasteiger partial charge in [0, 0.05) is 11.6 Å². The molecule has 3 N–H and O–H groups in total. The number of phenols is 1. The third-order valence-electron chi connectivity index (χ3n) is 2.17. The van der Waals surface area contributed by atoms with Crippen LogP contribution in [0.1, 0.15) is 5.56 Å². The van der Waals surface area contributed by atoms with E-state index in [1.807, 2.05) is 0 Å². The molecule has 0 bridgehead atoms. The van der Waals surface area contributed by atoms with Gasteiger partial charge in [0.25, 0.3) is 5.91 Å². The fourth-order valence-corrected chi connectivity index (χ4v) is 2.10. The molecule has 1 heterocycles. The minimum absolute atomic E-state index is 0.0975. The first-order valence-electron chi connectivity index (χ1n) is 4.76. The lowest BCUT2D eigenvalue weighted by Gasteiger charge is -2.05. The van der Waals surface area contributed by atoms with Crippen LogP contribution in [0.15, 0.2) is 23.1 Å². The highest BCUT2D eigenvalue weighted by atomic mass is 32.2. The summed E-state index contributed by atoms with van der Waals surface area (Å²) >= 11 is 1.06. The SMILES string of the molecule is COc1cc(O)ccc1/C=C1\SC(=N)NC1=O. The summed E-state index contributed by atoms with van der Waals surface area (Å²) in [5.74, 6) is 0.278. The molecule has 1 aliphatic rings. The average Bonchev–Trinajstić information content (AvgIpc) is 2.60. The Morgan fingerprint density at radius 3 is 2.88 bits per heavy atom. The fourth-order valence-electron chi connectivity index (χ4n) is 1.40. The number of ether oxygens (including phenoxy) is 1. The van der Waals surface area contributed by atoms with Crippen LogP contribution in [-0.4, -0.2) is 23.3 Å². The van der Waals surface area contributed by atoms with Gasteiger partial charge in [-0.2, -0.15) is 0 Å². The molecular formula is C11H10N2O3S. The predicted molar refractivity (Wildman–Crippen MR) is 66.1 cm³/mol. The molecule has 0 unspecified atom stereocenters. The number of aromatic hydroxyl groups is 1. The Labute approximate surface area is 102 Å². The van der Waals surface area contributed by atoms with Gasteiger partial charge in [-0.05, 0) is 30.0 Å². The Balaban J connectivity index is 2.38. The molecule has 88 valence electrons. The minimum Gasteiger partial charge on any atom is -0.508 e. The number of amides is 1. The molecule has 6 heteroatoms. The van der Waals surface area contributed by atoms with Gasteiger partial charge in [0.15, 0.2) is 5.17 Å². The molecule has 1 saturated heterocycles. The molecular weight excluding hydrogens is 240 g/mol. The quantitative estimate of drug-likeness (QED) is 0.695. The van der Waals surface area contributed by atoms with Crippen molar-refractivity contribution in [2.45, 2.75) is 0 Å². The second kappa shape index (κ2) is 4.50. The van der Waals surface area contributed by atoms with Crippen molar-refractivity contribution < 1.29 is 14.6 Å². The molecule has 1 aliphatic heterocycles. The molecule has 1 amide bonds. The summed E-state index contributed by atoms with van der Waals surface area (Å²) < 4.78 is 5.10. The van der Waals surface area contributed by atoms with Crippen molar-refractivity contribution in [3.63, 3.8) is 0 Å². The van der Waals surface area contributed by atoms with Gasteiger partial charge >= 0.3 is 0 Å². The van der Waals surface area contributed by atoms with Gasteiger partial charge in [0.2, 0.25) is 0 Å². The van der Waals surface area contributed by atoms with Crippen LogP contribution in [0.3, 0.4) is 0 Å². The number of carbonyl (C=O) groups excluding carboxylic acids is 1. The first-order valence-corrected chi connectivity index (χ1v) is 5.58. The maximum atomic E-state index is 11.4. The Hall–Kier alpha value is -1.95. The molecule has 17 heavy (non-hydrogen) atoms. The van der Waals surface area contributed by atoms with E-state index < -0.39 is 0 Å². The fraction of sp³-hybridized carbons (Fsp3) is 0.0909. The van der Waals surface area contributed by atoms with Crippen LogP contribution in [0.5, 0.6) is 11.5 Å². The summed E-state index contributed by atoms with van der Waals surface area (Å²) in [4.78, 5) is 11.9. The van der Waals surface area contributed by atoms with Crippen LogP contribution >= 0.6 is 11.8 Å². The third-order valence-corrected chi connectivity index (χ3v) is 3.00. The highest BCUT2D eigenvalue weighted by molar-refractivity contribution is 8.18. The van der Waals surface area contributed by atoms with Gasteiger partial charge in [-0.3, -0.25) is 10.2 Å². The molecule has 1 aromatic rings. The maximum absolute atomic E-state index is 11.4. The van der Waals surface area contributed by atoms with E-state index in [0.29, 0.717) is 16.2 Å². The first kappa shape index (κ1) is 11.5. The predicted octanol–water partition coefficient (Wildman–Crippen LogP) is 1.54.